The lowest BCUT2D eigenvalue weighted by molar-refractivity contribution is 0.102. The molecule has 3 rings (SSSR count). The zero-order chi connectivity index (χ0) is 16.6. The number of halogens is 2. The van der Waals surface area contributed by atoms with Crippen LogP contribution in [0.2, 0.25) is 5.02 Å². The van der Waals surface area contributed by atoms with Gasteiger partial charge in [0.05, 0.1) is 5.39 Å². The number of hydrogen-bond donors (Lipinski definition) is 2. The summed E-state index contributed by atoms with van der Waals surface area (Å²) in [5.74, 6) is -1.83. The van der Waals surface area contributed by atoms with Gasteiger partial charge in [-0.05, 0) is 36.4 Å². The molecule has 2 N–H and O–H groups in total. The van der Waals surface area contributed by atoms with Crippen molar-refractivity contribution in [3.05, 3.63) is 69.3 Å². The molecule has 2 aromatic carbocycles. The molecule has 0 bridgehead atoms. The minimum absolute atomic E-state index is 0.0679. The van der Waals surface area contributed by atoms with Crippen LogP contribution < -0.4 is 10.9 Å². The lowest BCUT2D eigenvalue weighted by Gasteiger charge is -2.07. The van der Waals surface area contributed by atoms with E-state index >= 15 is 0 Å². The molecule has 0 aliphatic heterocycles. The summed E-state index contributed by atoms with van der Waals surface area (Å²) >= 11 is 5.79. The Bertz CT molecular complexity index is 966. The highest BCUT2D eigenvalue weighted by atomic mass is 35.5. The number of anilines is 1. The van der Waals surface area contributed by atoms with Crippen molar-refractivity contribution in [2.24, 2.45) is 0 Å². The lowest BCUT2D eigenvalue weighted by Crippen LogP contribution is -2.21. The van der Waals surface area contributed by atoms with Crippen LogP contribution in [0, 0.1) is 5.82 Å². The van der Waals surface area contributed by atoms with E-state index in [1.165, 1.54) is 30.3 Å². The molecular weight excluding hydrogens is 325 g/mol. The van der Waals surface area contributed by atoms with Crippen LogP contribution in [0.4, 0.5) is 10.1 Å². The summed E-state index contributed by atoms with van der Waals surface area (Å²) in [4.78, 5) is 24.2. The van der Waals surface area contributed by atoms with Gasteiger partial charge < -0.3 is 14.8 Å². The third-order valence-electron chi connectivity index (χ3n) is 3.17. The van der Waals surface area contributed by atoms with Gasteiger partial charge in [-0.25, -0.2) is 9.18 Å². The first-order valence-corrected chi connectivity index (χ1v) is 6.86. The van der Waals surface area contributed by atoms with E-state index in [2.05, 4.69) is 5.32 Å². The molecule has 116 valence electrons. The number of benzene rings is 2. The van der Waals surface area contributed by atoms with Crippen LogP contribution in [0.3, 0.4) is 0 Å². The minimum Gasteiger partial charge on any atom is -0.506 e. The summed E-state index contributed by atoms with van der Waals surface area (Å²) in [5.41, 5.74) is -1.20. The summed E-state index contributed by atoms with van der Waals surface area (Å²) in [7, 11) is 0. The van der Waals surface area contributed by atoms with E-state index in [1.54, 1.807) is 0 Å². The maximum Gasteiger partial charge on any atom is 0.353 e. The quantitative estimate of drug-likeness (QED) is 0.703. The van der Waals surface area contributed by atoms with Crippen molar-refractivity contribution in [1.82, 2.24) is 0 Å². The standard InChI is InChI=1S/C16H9ClFNO4/c17-8-1-6-11-12(7-8)23-16(22)13(14(11)20)15(21)19-10-4-2-9(18)3-5-10/h1-7,20H,(H,19,21). The molecule has 7 heteroatoms. The van der Waals surface area contributed by atoms with Gasteiger partial charge >= 0.3 is 5.63 Å². The normalized spacial score (nSPS) is 10.7. The average Bonchev–Trinajstić information content (AvgIpc) is 2.49. The number of amides is 1. The summed E-state index contributed by atoms with van der Waals surface area (Å²) in [6, 6.07) is 9.25. The van der Waals surface area contributed by atoms with Crippen molar-refractivity contribution in [1.29, 1.82) is 0 Å². The average molecular weight is 334 g/mol. The zero-order valence-electron chi connectivity index (χ0n) is 11.5. The number of aromatic hydroxyl groups is 1. The second kappa shape index (κ2) is 5.73. The van der Waals surface area contributed by atoms with Gasteiger partial charge in [0.2, 0.25) is 0 Å². The van der Waals surface area contributed by atoms with Gasteiger partial charge in [-0.15, -0.1) is 0 Å². The number of fused-ring (bicyclic) bond motifs is 1. The second-order valence-corrected chi connectivity index (χ2v) is 5.15. The van der Waals surface area contributed by atoms with Crippen molar-refractivity contribution in [2.75, 3.05) is 5.32 Å². The Labute approximate surface area is 133 Å². The molecule has 1 amide bonds. The van der Waals surface area contributed by atoms with Gasteiger partial charge in [0.25, 0.3) is 5.91 Å². The number of nitrogens with one attached hydrogen (secondary N) is 1. The number of hydrogen-bond acceptors (Lipinski definition) is 4. The van der Waals surface area contributed by atoms with Crippen LogP contribution in [-0.4, -0.2) is 11.0 Å². The molecule has 23 heavy (non-hydrogen) atoms. The first-order valence-electron chi connectivity index (χ1n) is 6.48. The Balaban J connectivity index is 2.05. The molecule has 1 aromatic heterocycles. The fourth-order valence-corrected chi connectivity index (χ4v) is 2.25. The molecule has 0 atom stereocenters. The van der Waals surface area contributed by atoms with E-state index in [0.717, 1.165) is 12.1 Å². The Morgan fingerprint density at radius 3 is 2.57 bits per heavy atom. The summed E-state index contributed by atoms with van der Waals surface area (Å²) < 4.78 is 17.9. The highest BCUT2D eigenvalue weighted by Crippen LogP contribution is 2.28. The van der Waals surface area contributed by atoms with E-state index in [0.29, 0.717) is 5.02 Å². The molecule has 0 saturated heterocycles. The van der Waals surface area contributed by atoms with Crippen molar-refractivity contribution in [3.8, 4) is 5.75 Å². The van der Waals surface area contributed by atoms with Gasteiger partial charge in [-0.3, -0.25) is 4.79 Å². The number of carbonyl (C=O) groups excluding carboxylic acids is 1. The predicted octanol–water partition coefficient (Wildman–Crippen LogP) is 3.54. The maximum atomic E-state index is 12.9. The Morgan fingerprint density at radius 2 is 1.87 bits per heavy atom. The second-order valence-electron chi connectivity index (χ2n) is 4.71. The van der Waals surface area contributed by atoms with E-state index in [4.69, 9.17) is 16.0 Å². The third-order valence-corrected chi connectivity index (χ3v) is 3.41. The van der Waals surface area contributed by atoms with Crippen molar-refractivity contribution in [3.63, 3.8) is 0 Å². The third kappa shape index (κ3) is 2.89. The fourth-order valence-electron chi connectivity index (χ4n) is 2.09. The Hall–Kier alpha value is -2.86. The maximum absolute atomic E-state index is 12.9. The highest BCUT2D eigenvalue weighted by Gasteiger charge is 2.21. The van der Waals surface area contributed by atoms with Gasteiger partial charge in [-0.2, -0.15) is 0 Å². The minimum atomic E-state index is -1.00. The molecule has 5 nitrogen and oxygen atoms in total. The van der Waals surface area contributed by atoms with Crippen molar-refractivity contribution in [2.45, 2.75) is 0 Å². The van der Waals surface area contributed by atoms with Crippen LogP contribution in [0.1, 0.15) is 10.4 Å². The van der Waals surface area contributed by atoms with Gasteiger partial charge in [0, 0.05) is 16.8 Å². The molecule has 0 aliphatic rings. The topological polar surface area (TPSA) is 79.5 Å². The Kier molecular flexibility index (Phi) is 3.75. The monoisotopic (exact) mass is 333 g/mol. The first kappa shape index (κ1) is 15.1. The van der Waals surface area contributed by atoms with E-state index < -0.39 is 28.7 Å². The molecule has 0 radical (unpaired) electrons. The van der Waals surface area contributed by atoms with Gasteiger partial charge in [0.1, 0.15) is 17.1 Å². The van der Waals surface area contributed by atoms with Crippen LogP contribution in [0.15, 0.2) is 51.7 Å². The molecule has 0 spiro atoms. The fraction of sp³-hybridized carbons (Fsp3) is 0. The summed E-state index contributed by atoms with van der Waals surface area (Å²) in [6.07, 6.45) is 0. The molecule has 0 fully saturated rings. The smallest absolute Gasteiger partial charge is 0.353 e. The van der Waals surface area contributed by atoms with Crippen LogP contribution in [-0.2, 0) is 0 Å². The summed E-state index contributed by atoms with van der Waals surface area (Å²) in [5, 5.41) is 13.1. The molecule has 1 heterocycles. The molecule has 0 unspecified atom stereocenters. The molecule has 3 aromatic rings. The number of rotatable bonds is 2. The SMILES string of the molecule is O=C(Nc1ccc(F)cc1)c1c(O)c2ccc(Cl)cc2oc1=O. The van der Waals surface area contributed by atoms with E-state index in [1.807, 2.05) is 0 Å². The van der Waals surface area contributed by atoms with E-state index in [-0.39, 0.29) is 16.7 Å². The predicted molar refractivity (Wildman–Crippen MR) is 83.5 cm³/mol. The highest BCUT2D eigenvalue weighted by molar-refractivity contribution is 6.31. The van der Waals surface area contributed by atoms with Crippen molar-refractivity contribution >= 4 is 34.2 Å². The van der Waals surface area contributed by atoms with Gasteiger partial charge in [-0.1, -0.05) is 11.6 Å². The van der Waals surface area contributed by atoms with Crippen LogP contribution in [0.25, 0.3) is 11.0 Å². The summed E-state index contributed by atoms with van der Waals surface area (Å²) in [6.45, 7) is 0. The molecular formula is C16H9ClFNO4. The van der Waals surface area contributed by atoms with E-state index in [9.17, 15) is 19.1 Å². The van der Waals surface area contributed by atoms with Crippen molar-refractivity contribution < 1.29 is 18.7 Å². The molecule has 0 saturated carbocycles. The van der Waals surface area contributed by atoms with Crippen LogP contribution in [0.5, 0.6) is 5.75 Å². The van der Waals surface area contributed by atoms with Gasteiger partial charge in [0.15, 0.2) is 5.56 Å². The molecule has 0 aliphatic carbocycles. The Morgan fingerprint density at radius 1 is 1.17 bits per heavy atom. The van der Waals surface area contributed by atoms with Crippen LogP contribution >= 0.6 is 11.6 Å². The largest absolute Gasteiger partial charge is 0.506 e. The first-order chi connectivity index (χ1) is 11.0. The number of carbonyl (C=O) groups is 1. The zero-order valence-corrected chi connectivity index (χ0v) is 12.2. The lowest BCUT2D eigenvalue weighted by atomic mass is 10.1.